The molecule has 1 aromatic heterocycles. The summed E-state index contributed by atoms with van der Waals surface area (Å²) in [4.78, 5) is 0. The molecule has 0 spiro atoms. The molecule has 1 saturated carbocycles. The summed E-state index contributed by atoms with van der Waals surface area (Å²) in [5.74, 6) is 2.13. The molecule has 0 amide bonds. The lowest BCUT2D eigenvalue weighted by Crippen LogP contribution is -2.26. The second-order valence-corrected chi connectivity index (χ2v) is 6.77. The Bertz CT molecular complexity index is 400. The minimum atomic E-state index is 0.151. The zero-order valence-electron chi connectivity index (χ0n) is 12.6. The standard InChI is InChI=1S/C13H25N5OS/c1-4-20-12-6-5-11(9-12)18-13(15-16-17-18)10(2)14-7-8-19-3/h10-12,14H,4-9H2,1-3H3. The van der Waals surface area contributed by atoms with E-state index in [9.17, 15) is 0 Å². The number of hydrogen-bond acceptors (Lipinski definition) is 6. The predicted molar refractivity (Wildman–Crippen MR) is 80.9 cm³/mol. The van der Waals surface area contributed by atoms with Crippen LogP contribution in [0.1, 0.15) is 51.0 Å². The van der Waals surface area contributed by atoms with Crippen LogP contribution < -0.4 is 5.32 Å². The number of ether oxygens (including phenoxy) is 1. The van der Waals surface area contributed by atoms with E-state index in [0.29, 0.717) is 12.6 Å². The number of thioether (sulfide) groups is 1. The Kier molecular flexibility index (Phi) is 6.25. The fourth-order valence-electron chi connectivity index (χ4n) is 2.74. The van der Waals surface area contributed by atoms with Gasteiger partial charge in [0.1, 0.15) is 0 Å². The van der Waals surface area contributed by atoms with Crippen molar-refractivity contribution in [1.82, 2.24) is 25.5 Å². The second-order valence-electron chi connectivity index (χ2n) is 5.19. The van der Waals surface area contributed by atoms with E-state index in [1.807, 2.05) is 4.68 Å². The molecule has 3 unspecified atom stereocenters. The SMILES string of the molecule is CCSC1CCC(n2nnnc2C(C)NCCOC)C1. The van der Waals surface area contributed by atoms with Crippen molar-refractivity contribution in [3.05, 3.63) is 5.82 Å². The summed E-state index contributed by atoms with van der Waals surface area (Å²) in [6, 6.07) is 0.605. The number of aromatic nitrogens is 4. The van der Waals surface area contributed by atoms with Crippen LogP contribution >= 0.6 is 11.8 Å². The van der Waals surface area contributed by atoms with Crippen molar-refractivity contribution >= 4 is 11.8 Å². The topological polar surface area (TPSA) is 64.9 Å². The Morgan fingerprint density at radius 3 is 3.10 bits per heavy atom. The van der Waals surface area contributed by atoms with E-state index in [0.717, 1.165) is 17.6 Å². The van der Waals surface area contributed by atoms with Gasteiger partial charge >= 0.3 is 0 Å². The lowest BCUT2D eigenvalue weighted by Gasteiger charge is -2.17. The molecule has 1 aromatic rings. The Morgan fingerprint density at radius 1 is 1.50 bits per heavy atom. The highest BCUT2D eigenvalue weighted by Gasteiger charge is 2.29. The second kappa shape index (κ2) is 7.95. The molecule has 1 heterocycles. The Labute approximate surface area is 125 Å². The van der Waals surface area contributed by atoms with Gasteiger partial charge in [-0.3, -0.25) is 0 Å². The van der Waals surface area contributed by atoms with Gasteiger partial charge in [0.05, 0.1) is 18.7 Å². The van der Waals surface area contributed by atoms with Crippen LogP contribution in [0.3, 0.4) is 0 Å². The van der Waals surface area contributed by atoms with Gasteiger partial charge in [-0.05, 0) is 42.4 Å². The normalized spacial score (nSPS) is 24.1. The monoisotopic (exact) mass is 299 g/mol. The van der Waals surface area contributed by atoms with Gasteiger partial charge < -0.3 is 10.1 Å². The van der Waals surface area contributed by atoms with E-state index < -0.39 is 0 Å². The summed E-state index contributed by atoms with van der Waals surface area (Å²) in [6.45, 7) is 5.83. The molecule has 0 aromatic carbocycles. The summed E-state index contributed by atoms with van der Waals surface area (Å²) < 4.78 is 7.09. The van der Waals surface area contributed by atoms with Crippen molar-refractivity contribution in [1.29, 1.82) is 0 Å². The van der Waals surface area contributed by atoms with Gasteiger partial charge in [-0.2, -0.15) is 11.8 Å². The molecule has 20 heavy (non-hydrogen) atoms. The van der Waals surface area contributed by atoms with E-state index >= 15 is 0 Å². The first-order valence-corrected chi connectivity index (χ1v) is 8.42. The zero-order chi connectivity index (χ0) is 14.4. The van der Waals surface area contributed by atoms with Crippen LogP contribution in [0.4, 0.5) is 0 Å². The quantitative estimate of drug-likeness (QED) is 0.739. The minimum absolute atomic E-state index is 0.151. The molecule has 0 saturated heterocycles. The van der Waals surface area contributed by atoms with Crippen molar-refractivity contribution < 1.29 is 4.74 Å². The number of rotatable bonds is 8. The average Bonchev–Trinajstić information content (AvgIpc) is 3.07. The lowest BCUT2D eigenvalue weighted by atomic mass is 10.2. The fourth-order valence-corrected chi connectivity index (χ4v) is 3.87. The first-order valence-electron chi connectivity index (χ1n) is 7.38. The highest BCUT2D eigenvalue weighted by atomic mass is 32.2. The lowest BCUT2D eigenvalue weighted by molar-refractivity contribution is 0.195. The van der Waals surface area contributed by atoms with Gasteiger partial charge in [0.25, 0.3) is 0 Å². The van der Waals surface area contributed by atoms with Crippen LogP contribution in [0, 0.1) is 0 Å². The maximum atomic E-state index is 5.06. The van der Waals surface area contributed by atoms with Gasteiger partial charge in [-0.15, -0.1) is 5.10 Å². The fraction of sp³-hybridized carbons (Fsp3) is 0.923. The molecule has 2 rings (SSSR count). The molecule has 114 valence electrons. The maximum Gasteiger partial charge on any atom is 0.168 e. The molecule has 0 radical (unpaired) electrons. The third kappa shape index (κ3) is 3.93. The molecule has 1 fully saturated rings. The van der Waals surface area contributed by atoms with Crippen LogP contribution in [-0.4, -0.2) is 51.5 Å². The third-order valence-electron chi connectivity index (χ3n) is 3.77. The maximum absolute atomic E-state index is 5.06. The van der Waals surface area contributed by atoms with Crippen LogP contribution in [0.15, 0.2) is 0 Å². The first-order chi connectivity index (χ1) is 9.76. The van der Waals surface area contributed by atoms with Gasteiger partial charge in [0.15, 0.2) is 5.82 Å². The van der Waals surface area contributed by atoms with Crippen molar-refractivity contribution in [2.45, 2.75) is 50.4 Å². The van der Waals surface area contributed by atoms with E-state index in [2.05, 4.69) is 46.5 Å². The number of nitrogens with one attached hydrogen (secondary N) is 1. The largest absolute Gasteiger partial charge is 0.383 e. The molecule has 6 nitrogen and oxygen atoms in total. The van der Waals surface area contributed by atoms with Crippen molar-refractivity contribution in [3.63, 3.8) is 0 Å². The molecule has 7 heteroatoms. The molecule has 1 aliphatic carbocycles. The highest BCUT2D eigenvalue weighted by molar-refractivity contribution is 7.99. The Morgan fingerprint density at radius 2 is 2.35 bits per heavy atom. The van der Waals surface area contributed by atoms with Crippen LogP contribution in [-0.2, 0) is 4.74 Å². The molecule has 3 atom stereocenters. The van der Waals surface area contributed by atoms with Gasteiger partial charge in [0.2, 0.25) is 0 Å². The average molecular weight is 299 g/mol. The molecule has 1 N–H and O–H groups in total. The highest BCUT2D eigenvalue weighted by Crippen LogP contribution is 2.37. The Balaban J connectivity index is 1.94. The van der Waals surface area contributed by atoms with Gasteiger partial charge in [0, 0.05) is 18.9 Å². The molecular formula is C13H25N5OS. The summed E-state index contributed by atoms with van der Waals surface area (Å²) in [5.41, 5.74) is 0. The van der Waals surface area contributed by atoms with Gasteiger partial charge in [-0.1, -0.05) is 6.92 Å². The summed E-state index contributed by atoms with van der Waals surface area (Å²) in [5, 5.41) is 16.4. The van der Waals surface area contributed by atoms with Crippen molar-refractivity contribution in [2.75, 3.05) is 26.0 Å². The van der Waals surface area contributed by atoms with Crippen molar-refractivity contribution in [3.8, 4) is 0 Å². The molecular weight excluding hydrogens is 274 g/mol. The summed E-state index contributed by atoms with van der Waals surface area (Å²) in [6.07, 6.45) is 3.63. The molecule has 1 aliphatic rings. The van der Waals surface area contributed by atoms with Crippen LogP contribution in [0.2, 0.25) is 0 Å². The summed E-state index contributed by atoms with van der Waals surface area (Å²) in [7, 11) is 1.71. The Hall–Kier alpha value is -0.660. The number of methoxy groups -OCH3 is 1. The van der Waals surface area contributed by atoms with E-state index in [1.165, 1.54) is 25.0 Å². The van der Waals surface area contributed by atoms with E-state index in [1.54, 1.807) is 7.11 Å². The molecule has 0 aliphatic heterocycles. The number of hydrogen-bond donors (Lipinski definition) is 1. The van der Waals surface area contributed by atoms with E-state index in [-0.39, 0.29) is 6.04 Å². The summed E-state index contributed by atoms with van der Waals surface area (Å²) >= 11 is 2.06. The van der Waals surface area contributed by atoms with Gasteiger partial charge in [-0.25, -0.2) is 4.68 Å². The minimum Gasteiger partial charge on any atom is -0.383 e. The first kappa shape index (κ1) is 15.7. The van der Waals surface area contributed by atoms with E-state index in [4.69, 9.17) is 4.74 Å². The number of tetrazole rings is 1. The molecule has 0 bridgehead atoms. The smallest absolute Gasteiger partial charge is 0.168 e. The third-order valence-corrected chi connectivity index (χ3v) is 5.00. The number of nitrogens with zero attached hydrogens (tertiary/aromatic N) is 4. The van der Waals surface area contributed by atoms with Crippen molar-refractivity contribution in [2.24, 2.45) is 0 Å². The van der Waals surface area contributed by atoms with Crippen LogP contribution in [0.5, 0.6) is 0 Å². The zero-order valence-corrected chi connectivity index (χ0v) is 13.4. The van der Waals surface area contributed by atoms with Crippen LogP contribution in [0.25, 0.3) is 0 Å². The predicted octanol–water partition coefficient (Wildman–Crippen LogP) is 1.82.